The van der Waals surface area contributed by atoms with Crippen LogP contribution in [0.4, 0.5) is 5.69 Å². The highest BCUT2D eigenvalue weighted by Crippen LogP contribution is 2.25. The zero-order chi connectivity index (χ0) is 19.2. The van der Waals surface area contributed by atoms with E-state index in [0.29, 0.717) is 32.5 Å². The van der Waals surface area contributed by atoms with Crippen molar-refractivity contribution in [2.45, 2.75) is 24.7 Å². The first-order chi connectivity index (χ1) is 12.4. The number of non-ortho nitro benzene ring substituents is 1. The second-order valence-corrected chi connectivity index (χ2v) is 8.04. The number of likely N-dealkylation sites (N-methyl/N-ethyl adjacent to an activating group) is 1. The maximum Gasteiger partial charge on any atom is 0.269 e. The number of halogens is 1. The van der Waals surface area contributed by atoms with Crippen molar-refractivity contribution in [1.29, 1.82) is 0 Å². The van der Waals surface area contributed by atoms with Gasteiger partial charge in [0.15, 0.2) is 0 Å². The van der Waals surface area contributed by atoms with Crippen LogP contribution >= 0.6 is 12.4 Å². The van der Waals surface area contributed by atoms with Gasteiger partial charge in [-0.05, 0) is 31.5 Å². The highest BCUT2D eigenvalue weighted by molar-refractivity contribution is 7.89. The summed E-state index contributed by atoms with van der Waals surface area (Å²) in [7, 11) is -3.78. The van der Waals surface area contributed by atoms with Crippen LogP contribution in [0.3, 0.4) is 0 Å². The van der Waals surface area contributed by atoms with Crippen LogP contribution in [0.1, 0.15) is 19.8 Å². The molecule has 27 heavy (non-hydrogen) atoms. The lowest BCUT2D eigenvalue weighted by Crippen LogP contribution is -2.46. The SMILES string of the molecule is CCNCCNC(=O)C1CCCN(S(=O)(=O)c2ccc([N+](=O)[O-])cc2)C1.Cl. The molecule has 0 aromatic heterocycles. The Morgan fingerprint density at radius 2 is 1.96 bits per heavy atom. The van der Waals surface area contributed by atoms with Gasteiger partial charge in [0, 0.05) is 38.3 Å². The molecule has 0 radical (unpaired) electrons. The highest BCUT2D eigenvalue weighted by Gasteiger charge is 2.33. The van der Waals surface area contributed by atoms with Crippen LogP contribution in [0.2, 0.25) is 0 Å². The molecule has 0 saturated carbocycles. The molecular weight excluding hydrogens is 396 g/mol. The Morgan fingerprint density at radius 3 is 2.56 bits per heavy atom. The van der Waals surface area contributed by atoms with E-state index in [9.17, 15) is 23.3 Å². The number of rotatable bonds is 8. The molecule has 11 heteroatoms. The Hall–Kier alpha value is -1.75. The number of nitrogens with zero attached hydrogens (tertiary/aromatic N) is 2. The first kappa shape index (κ1) is 23.3. The van der Waals surface area contributed by atoms with E-state index in [2.05, 4.69) is 10.6 Å². The lowest BCUT2D eigenvalue weighted by Gasteiger charge is -2.31. The number of carbonyl (C=O) groups is 1. The summed E-state index contributed by atoms with van der Waals surface area (Å²) in [6, 6.07) is 4.80. The van der Waals surface area contributed by atoms with Gasteiger partial charge in [0.2, 0.25) is 15.9 Å². The summed E-state index contributed by atoms with van der Waals surface area (Å²) in [5.41, 5.74) is -0.166. The highest BCUT2D eigenvalue weighted by atomic mass is 35.5. The largest absolute Gasteiger partial charge is 0.355 e. The van der Waals surface area contributed by atoms with Crippen molar-refractivity contribution in [3.8, 4) is 0 Å². The third kappa shape index (κ3) is 6.13. The summed E-state index contributed by atoms with van der Waals surface area (Å²) < 4.78 is 26.8. The molecule has 1 aliphatic heterocycles. The topological polar surface area (TPSA) is 122 Å². The maximum atomic E-state index is 12.8. The molecule has 1 aromatic rings. The molecule has 1 heterocycles. The maximum absolute atomic E-state index is 12.8. The summed E-state index contributed by atoms with van der Waals surface area (Å²) in [5.74, 6) is -0.537. The number of carbonyl (C=O) groups excluding carboxylic acids is 1. The fourth-order valence-electron chi connectivity index (χ4n) is 2.86. The molecular formula is C16H25ClN4O5S. The van der Waals surface area contributed by atoms with E-state index in [1.807, 2.05) is 6.92 Å². The van der Waals surface area contributed by atoms with Crippen molar-refractivity contribution >= 4 is 34.0 Å². The van der Waals surface area contributed by atoms with E-state index < -0.39 is 20.9 Å². The fraction of sp³-hybridized carbons (Fsp3) is 0.562. The van der Waals surface area contributed by atoms with Gasteiger partial charge >= 0.3 is 0 Å². The van der Waals surface area contributed by atoms with Gasteiger partial charge in [0.05, 0.1) is 15.7 Å². The van der Waals surface area contributed by atoms with E-state index in [4.69, 9.17) is 0 Å². The molecule has 152 valence electrons. The van der Waals surface area contributed by atoms with Crippen molar-refractivity contribution in [1.82, 2.24) is 14.9 Å². The van der Waals surface area contributed by atoms with Gasteiger partial charge in [0.1, 0.15) is 0 Å². The number of nitrogens with one attached hydrogen (secondary N) is 2. The second kappa shape index (κ2) is 10.5. The Kier molecular flexibility index (Phi) is 9.10. The molecule has 1 amide bonds. The van der Waals surface area contributed by atoms with E-state index in [1.54, 1.807) is 0 Å². The van der Waals surface area contributed by atoms with Crippen molar-refractivity contribution in [3.63, 3.8) is 0 Å². The first-order valence-corrected chi connectivity index (χ1v) is 10.0. The van der Waals surface area contributed by atoms with Gasteiger partial charge < -0.3 is 10.6 Å². The number of piperidine rings is 1. The Morgan fingerprint density at radius 1 is 1.30 bits per heavy atom. The minimum absolute atomic E-state index is 0. The lowest BCUT2D eigenvalue weighted by molar-refractivity contribution is -0.384. The normalized spacial score (nSPS) is 17.7. The molecule has 0 bridgehead atoms. The minimum atomic E-state index is -3.78. The van der Waals surface area contributed by atoms with Gasteiger partial charge in [0.25, 0.3) is 5.69 Å². The van der Waals surface area contributed by atoms with Gasteiger partial charge in [-0.1, -0.05) is 6.92 Å². The number of nitro groups is 1. The zero-order valence-electron chi connectivity index (χ0n) is 15.1. The van der Waals surface area contributed by atoms with Crippen LogP contribution in [0.25, 0.3) is 0 Å². The number of sulfonamides is 1. The zero-order valence-corrected chi connectivity index (χ0v) is 16.7. The molecule has 2 N–H and O–H groups in total. The molecule has 0 spiro atoms. The summed E-state index contributed by atoms with van der Waals surface area (Å²) in [5, 5.41) is 16.6. The van der Waals surface area contributed by atoms with E-state index in [-0.39, 0.29) is 35.4 Å². The van der Waals surface area contributed by atoms with Crippen LogP contribution in [-0.2, 0) is 14.8 Å². The molecule has 9 nitrogen and oxygen atoms in total. The summed E-state index contributed by atoms with van der Waals surface area (Å²) in [6.45, 7) is 4.41. The molecule has 1 unspecified atom stereocenters. The van der Waals surface area contributed by atoms with Gasteiger partial charge in [-0.25, -0.2) is 8.42 Å². The van der Waals surface area contributed by atoms with Crippen LogP contribution in [0.15, 0.2) is 29.2 Å². The van der Waals surface area contributed by atoms with Crippen molar-refractivity contribution in [2.75, 3.05) is 32.7 Å². The Bertz CT molecular complexity index is 742. The van der Waals surface area contributed by atoms with Gasteiger partial charge in [-0.2, -0.15) is 4.31 Å². The summed E-state index contributed by atoms with van der Waals surface area (Å²) >= 11 is 0. The number of amides is 1. The number of hydrogen-bond donors (Lipinski definition) is 2. The third-order valence-corrected chi connectivity index (χ3v) is 6.17. The van der Waals surface area contributed by atoms with Crippen LogP contribution in [0, 0.1) is 16.0 Å². The second-order valence-electron chi connectivity index (χ2n) is 6.10. The lowest BCUT2D eigenvalue weighted by atomic mass is 9.99. The van der Waals surface area contributed by atoms with Crippen LogP contribution in [0.5, 0.6) is 0 Å². The molecule has 1 atom stereocenters. The Labute approximate surface area is 165 Å². The molecule has 1 fully saturated rings. The molecule has 0 aliphatic carbocycles. The minimum Gasteiger partial charge on any atom is -0.355 e. The van der Waals surface area contributed by atoms with Crippen LogP contribution in [-0.4, -0.2) is 56.3 Å². The average molecular weight is 421 g/mol. The van der Waals surface area contributed by atoms with Gasteiger partial charge in [-0.15, -0.1) is 12.4 Å². The Balaban J connectivity index is 0.00000364. The monoisotopic (exact) mass is 420 g/mol. The standard InChI is InChI=1S/C16H24N4O5S.ClH/c1-2-17-9-10-18-16(21)13-4-3-11-19(12-13)26(24,25)15-7-5-14(6-8-15)20(22)23;/h5-8,13,17H,2-4,9-12H2,1H3,(H,18,21);1H. The van der Waals surface area contributed by atoms with Crippen molar-refractivity contribution in [2.24, 2.45) is 5.92 Å². The number of benzene rings is 1. The average Bonchev–Trinajstić information content (AvgIpc) is 2.65. The van der Waals surface area contributed by atoms with Crippen molar-refractivity contribution < 1.29 is 18.1 Å². The molecule has 1 aliphatic rings. The number of hydrogen-bond acceptors (Lipinski definition) is 6. The van der Waals surface area contributed by atoms with E-state index in [0.717, 1.165) is 6.54 Å². The number of nitro benzene ring substituents is 1. The third-order valence-electron chi connectivity index (χ3n) is 4.29. The molecule has 1 saturated heterocycles. The molecule has 1 aromatic carbocycles. The predicted molar refractivity (Wildman–Crippen MR) is 103 cm³/mol. The fourth-order valence-corrected chi connectivity index (χ4v) is 4.38. The first-order valence-electron chi connectivity index (χ1n) is 8.59. The van der Waals surface area contributed by atoms with Gasteiger partial charge in [-0.3, -0.25) is 14.9 Å². The smallest absolute Gasteiger partial charge is 0.269 e. The quantitative estimate of drug-likeness (QED) is 0.369. The predicted octanol–water partition coefficient (Wildman–Crippen LogP) is 1.14. The van der Waals surface area contributed by atoms with Crippen LogP contribution < -0.4 is 10.6 Å². The summed E-state index contributed by atoms with van der Waals surface area (Å²) in [6.07, 6.45) is 1.23. The van der Waals surface area contributed by atoms with E-state index in [1.165, 1.54) is 28.6 Å². The molecule has 2 rings (SSSR count). The van der Waals surface area contributed by atoms with E-state index >= 15 is 0 Å². The summed E-state index contributed by atoms with van der Waals surface area (Å²) in [4.78, 5) is 22.4. The van der Waals surface area contributed by atoms with Crippen molar-refractivity contribution in [3.05, 3.63) is 34.4 Å².